The predicted octanol–water partition coefficient (Wildman–Crippen LogP) is 2.62. The monoisotopic (exact) mass is 276 g/mol. The van der Waals surface area contributed by atoms with Gasteiger partial charge >= 0.3 is 0 Å². The summed E-state index contributed by atoms with van der Waals surface area (Å²) in [7, 11) is 1.82. The standard InChI is InChI=1S/C17H28N2O/c1-14(15-8-5-4-6-9-15)16(12-18)19-11-7-10-17(2,13-19)20-3/h4-6,8-9,14,16H,7,10-13,18H2,1-3H3. The molecule has 1 aromatic rings. The Kier molecular flexibility index (Phi) is 5.19. The van der Waals surface area contributed by atoms with Gasteiger partial charge in [0.05, 0.1) is 5.60 Å². The maximum atomic E-state index is 6.09. The molecular weight excluding hydrogens is 248 g/mol. The van der Waals surface area contributed by atoms with Crippen LogP contribution in [0.2, 0.25) is 0 Å². The Hall–Kier alpha value is -0.900. The van der Waals surface area contributed by atoms with E-state index in [2.05, 4.69) is 49.1 Å². The Morgan fingerprint density at radius 3 is 2.65 bits per heavy atom. The van der Waals surface area contributed by atoms with Crippen LogP contribution in [0.5, 0.6) is 0 Å². The number of hydrogen-bond acceptors (Lipinski definition) is 3. The molecule has 1 heterocycles. The minimum atomic E-state index is -0.0257. The normalized spacial score (nSPS) is 27.2. The number of ether oxygens (including phenoxy) is 1. The Morgan fingerprint density at radius 1 is 1.35 bits per heavy atom. The molecule has 3 unspecified atom stereocenters. The number of benzene rings is 1. The fourth-order valence-electron chi connectivity index (χ4n) is 3.34. The van der Waals surface area contributed by atoms with E-state index in [1.165, 1.54) is 12.0 Å². The molecule has 1 fully saturated rings. The van der Waals surface area contributed by atoms with Crippen LogP contribution in [-0.4, -0.2) is 43.3 Å². The van der Waals surface area contributed by atoms with E-state index in [-0.39, 0.29) is 5.60 Å². The second-order valence-corrected chi connectivity index (χ2v) is 6.23. The van der Waals surface area contributed by atoms with Crippen molar-refractivity contribution in [2.45, 2.75) is 44.2 Å². The first-order valence-electron chi connectivity index (χ1n) is 7.64. The summed E-state index contributed by atoms with van der Waals surface area (Å²) in [5, 5.41) is 0. The molecule has 1 saturated heterocycles. The van der Waals surface area contributed by atoms with Crippen molar-refractivity contribution in [1.29, 1.82) is 0 Å². The number of nitrogens with two attached hydrogens (primary N) is 1. The van der Waals surface area contributed by atoms with Gasteiger partial charge in [0, 0.05) is 26.2 Å². The fourth-order valence-corrected chi connectivity index (χ4v) is 3.34. The number of hydrogen-bond donors (Lipinski definition) is 1. The lowest BCUT2D eigenvalue weighted by atomic mass is 9.88. The molecule has 3 nitrogen and oxygen atoms in total. The van der Waals surface area contributed by atoms with Crippen molar-refractivity contribution in [2.24, 2.45) is 5.73 Å². The van der Waals surface area contributed by atoms with Crippen LogP contribution in [0, 0.1) is 0 Å². The van der Waals surface area contributed by atoms with Crippen LogP contribution in [-0.2, 0) is 4.74 Å². The van der Waals surface area contributed by atoms with Crippen molar-refractivity contribution in [3.8, 4) is 0 Å². The van der Waals surface area contributed by atoms with Crippen LogP contribution in [0.15, 0.2) is 30.3 Å². The van der Waals surface area contributed by atoms with E-state index in [1.54, 1.807) is 0 Å². The first kappa shape index (κ1) is 15.5. The molecule has 1 aliphatic rings. The molecule has 2 N–H and O–H groups in total. The zero-order chi connectivity index (χ0) is 14.6. The Labute approximate surface area is 123 Å². The van der Waals surface area contributed by atoms with Crippen molar-refractivity contribution in [3.63, 3.8) is 0 Å². The maximum Gasteiger partial charge on any atom is 0.0777 e. The highest BCUT2D eigenvalue weighted by atomic mass is 16.5. The molecule has 0 spiro atoms. The topological polar surface area (TPSA) is 38.5 Å². The van der Waals surface area contributed by atoms with Crippen LogP contribution in [0.25, 0.3) is 0 Å². The number of methoxy groups -OCH3 is 1. The molecule has 0 saturated carbocycles. The van der Waals surface area contributed by atoms with Crippen molar-refractivity contribution in [3.05, 3.63) is 35.9 Å². The van der Waals surface area contributed by atoms with Gasteiger partial charge in [-0.05, 0) is 37.8 Å². The van der Waals surface area contributed by atoms with E-state index in [0.717, 1.165) is 19.5 Å². The SMILES string of the molecule is COC1(C)CCCN(C(CN)C(C)c2ccccc2)C1. The van der Waals surface area contributed by atoms with E-state index in [9.17, 15) is 0 Å². The van der Waals surface area contributed by atoms with Crippen LogP contribution in [0.1, 0.15) is 38.2 Å². The van der Waals surface area contributed by atoms with Gasteiger partial charge in [0.25, 0.3) is 0 Å². The molecule has 3 atom stereocenters. The second-order valence-electron chi connectivity index (χ2n) is 6.23. The van der Waals surface area contributed by atoms with Crippen molar-refractivity contribution < 1.29 is 4.74 Å². The molecule has 112 valence electrons. The third-order valence-electron chi connectivity index (χ3n) is 4.79. The minimum absolute atomic E-state index is 0.0257. The summed E-state index contributed by atoms with van der Waals surface area (Å²) in [5.74, 6) is 0.445. The summed E-state index contributed by atoms with van der Waals surface area (Å²) in [6, 6.07) is 11.1. The van der Waals surface area contributed by atoms with Crippen LogP contribution in [0.3, 0.4) is 0 Å². The minimum Gasteiger partial charge on any atom is -0.377 e. The highest BCUT2D eigenvalue weighted by Crippen LogP contribution is 2.29. The van der Waals surface area contributed by atoms with Crippen molar-refractivity contribution in [2.75, 3.05) is 26.7 Å². The van der Waals surface area contributed by atoms with Crippen LogP contribution >= 0.6 is 0 Å². The van der Waals surface area contributed by atoms with Gasteiger partial charge in [-0.2, -0.15) is 0 Å². The van der Waals surface area contributed by atoms with Gasteiger partial charge in [-0.3, -0.25) is 4.90 Å². The number of piperidine rings is 1. The molecule has 0 radical (unpaired) electrons. The number of rotatable bonds is 5. The summed E-state index contributed by atoms with van der Waals surface area (Å²) >= 11 is 0. The van der Waals surface area contributed by atoms with E-state index in [1.807, 2.05) is 7.11 Å². The van der Waals surface area contributed by atoms with Gasteiger partial charge in [-0.15, -0.1) is 0 Å². The molecule has 3 heteroatoms. The first-order valence-corrected chi connectivity index (χ1v) is 7.64. The van der Waals surface area contributed by atoms with E-state index >= 15 is 0 Å². The molecule has 0 bridgehead atoms. The fraction of sp³-hybridized carbons (Fsp3) is 0.647. The molecule has 1 aromatic carbocycles. The summed E-state index contributed by atoms with van der Waals surface area (Å²) in [6.45, 7) is 7.28. The zero-order valence-electron chi connectivity index (χ0n) is 13.0. The van der Waals surface area contributed by atoms with Crippen LogP contribution < -0.4 is 5.73 Å². The summed E-state index contributed by atoms with van der Waals surface area (Å²) in [6.07, 6.45) is 2.32. The van der Waals surface area contributed by atoms with Gasteiger partial charge in [-0.25, -0.2) is 0 Å². The number of nitrogens with zero attached hydrogens (tertiary/aromatic N) is 1. The first-order chi connectivity index (χ1) is 9.59. The lowest BCUT2D eigenvalue weighted by Crippen LogP contribution is -2.54. The molecule has 2 rings (SSSR count). The molecule has 0 aromatic heterocycles. The lowest BCUT2D eigenvalue weighted by molar-refractivity contribution is -0.0624. The summed E-state index contributed by atoms with van der Waals surface area (Å²) < 4.78 is 5.71. The smallest absolute Gasteiger partial charge is 0.0777 e. The third kappa shape index (κ3) is 3.40. The lowest BCUT2D eigenvalue weighted by Gasteiger charge is -2.44. The average Bonchev–Trinajstić information content (AvgIpc) is 2.49. The van der Waals surface area contributed by atoms with Crippen molar-refractivity contribution in [1.82, 2.24) is 4.90 Å². The van der Waals surface area contributed by atoms with E-state index in [4.69, 9.17) is 10.5 Å². The molecular formula is C17H28N2O. The number of likely N-dealkylation sites (tertiary alicyclic amines) is 1. The molecule has 1 aliphatic heterocycles. The van der Waals surface area contributed by atoms with E-state index < -0.39 is 0 Å². The van der Waals surface area contributed by atoms with Gasteiger partial charge < -0.3 is 10.5 Å². The van der Waals surface area contributed by atoms with Gasteiger partial charge in [-0.1, -0.05) is 37.3 Å². The Morgan fingerprint density at radius 2 is 2.05 bits per heavy atom. The molecule has 0 amide bonds. The van der Waals surface area contributed by atoms with Gasteiger partial charge in [0.15, 0.2) is 0 Å². The Bertz CT molecular complexity index is 409. The largest absolute Gasteiger partial charge is 0.377 e. The average molecular weight is 276 g/mol. The third-order valence-corrected chi connectivity index (χ3v) is 4.79. The summed E-state index contributed by atoms with van der Waals surface area (Å²) in [5.41, 5.74) is 7.43. The maximum absolute atomic E-state index is 6.09. The molecule has 20 heavy (non-hydrogen) atoms. The van der Waals surface area contributed by atoms with Crippen molar-refractivity contribution >= 4 is 0 Å². The highest BCUT2D eigenvalue weighted by molar-refractivity contribution is 5.21. The van der Waals surface area contributed by atoms with Gasteiger partial charge in [0.2, 0.25) is 0 Å². The van der Waals surface area contributed by atoms with Gasteiger partial charge in [0.1, 0.15) is 0 Å². The second kappa shape index (κ2) is 6.70. The summed E-state index contributed by atoms with van der Waals surface area (Å²) in [4.78, 5) is 2.52. The molecule has 0 aliphatic carbocycles. The highest BCUT2D eigenvalue weighted by Gasteiger charge is 2.35. The van der Waals surface area contributed by atoms with E-state index in [0.29, 0.717) is 18.5 Å². The quantitative estimate of drug-likeness (QED) is 0.898. The predicted molar refractivity (Wildman–Crippen MR) is 83.9 cm³/mol. The Balaban J connectivity index is 2.11. The zero-order valence-corrected chi connectivity index (χ0v) is 13.0. The van der Waals surface area contributed by atoms with Crippen LogP contribution in [0.4, 0.5) is 0 Å².